The molecule has 36 heavy (non-hydrogen) atoms. The Morgan fingerprint density at radius 3 is 2.64 bits per heavy atom. The molecule has 1 fully saturated rings. The van der Waals surface area contributed by atoms with Gasteiger partial charge in [0.25, 0.3) is 0 Å². The summed E-state index contributed by atoms with van der Waals surface area (Å²) in [5.74, 6) is -0.977. The molecule has 10 heteroatoms. The molecule has 0 unspecified atom stereocenters. The summed E-state index contributed by atoms with van der Waals surface area (Å²) in [7, 11) is 0. The molecule has 0 atom stereocenters. The lowest BCUT2D eigenvalue weighted by Crippen LogP contribution is -2.46. The van der Waals surface area contributed by atoms with Crippen molar-refractivity contribution < 1.29 is 13.5 Å². The zero-order valence-corrected chi connectivity index (χ0v) is 20.0. The van der Waals surface area contributed by atoms with E-state index in [4.69, 9.17) is 4.74 Å². The van der Waals surface area contributed by atoms with Crippen molar-refractivity contribution in [3.63, 3.8) is 0 Å². The van der Waals surface area contributed by atoms with E-state index in [1.54, 1.807) is 24.3 Å². The number of rotatable bonds is 6. The monoisotopic (exact) mass is 489 g/mol. The lowest BCUT2D eigenvalue weighted by atomic mass is 10.2. The van der Waals surface area contributed by atoms with Crippen LogP contribution in [0, 0.1) is 29.9 Å². The number of aromatic amines is 1. The molecule has 0 radical (unpaired) electrons. The van der Waals surface area contributed by atoms with Gasteiger partial charge >= 0.3 is 0 Å². The number of nitrogens with one attached hydrogen (secondary N) is 2. The Balaban J connectivity index is 1.37. The molecule has 0 aliphatic carbocycles. The molecule has 2 N–H and O–H groups in total. The number of ether oxygens (including phenoxy) is 1. The summed E-state index contributed by atoms with van der Waals surface area (Å²) in [6, 6.07) is 11.7. The number of aromatic nitrogens is 3. The van der Waals surface area contributed by atoms with Gasteiger partial charge in [0.15, 0.2) is 22.9 Å². The van der Waals surface area contributed by atoms with Gasteiger partial charge in [-0.05, 0) is 49.9 Å². The van der Waals surface area contributed by atoms with Crippen molar-refractivity contribution >= 4 is 28.1 Å². The van der Waals surface area contributed by atoms with Crippen molar-refractivity contribution in [3.05, 3.63) is 65.6 Å². The molecule has 3 heterocycles. The van der Waals surface area contributed by atoms with Gasteiger partial charge in [0.2, 0.25) is 5.88 Å². The molecule has 0 saturated carbocycles. The summed E-state index contributed by atoms with van der Waals surface area (Å²) in [6.45, 7) is 8.23. The van der Waals surface area contributed by atoms with E-state index >= 15 is 0 Å². The van der Waals surface area contributed by atoms with Crippen LogP contribution >= 0.6 is 0 Å². The zero-order chi connectivity index (χ0) is 25.2. The van der Waals surface area contributed by atoms with Gasteiger partial charge < -0.3 is 24.8 Å². The largest absolute Gasteiger partial charge is 0.434 e. The van der Waals surface area contributed by atoms with Gasteiger partial charge in [0, 0.05) is 48.5 Å². The van der Waals surface area contributed by atoms with Gasteiger partial charge in [-0.2, -0.15) is 5.26 Å². The van der Waals surface area contributed by atoms with Gasteiger partial charge in [-0.25, -0.2) is 18.7 Å². The molecular formula is C26H25F2N7O. The summed E-state index contributed by atoms with van der Waals surface area (Å²) in [4.78, 5) is 15.6. The maximum absolute atomic E-state index is 15.0. The number of aryl methyl sites for hydroxylation is 1. The van der Waals surface area contributed by atoms with Crippen molar-refractivity contribution in [3.8, 4) is 17.7 Å². The van der Waals surface area contributed by atoms with Crippen LogP contribution < -0.4 is 15.0 Å². The van der Waals surface area contributed by atoms with E-state index in [2.05, 4.69) is 32.1 Å². The van der Waals surface area contributed by atoms with E-state index in [-0.39, 0.29) is 28.8 Å². The standard InChI is InChI=1S/C26H25F2N7O/c1-3-34-8-10-35(11-9-34)22-6-4-17(13-20(22)27)33-25-19(14-29)26(31-15-30-25)36-23-7-5-21-18(24(23)28)12-16(2)32-21/h4-7,12-13,15,32H,3,8-11H2,1-2H3,(H,30,31,33). The van der Waals surface area contributed by atoms with Crippen molar-refractivity contribution in [1.82, 2.24) is 19.9 Å². The van der Waals surface area contributed by atoms with Crippen LogP contribution in [0.25, 0.3) is 10.9 Å². The predicted octanol–water partition coefficient (Wildman–Crippen LogP) is 5.09. The van der Waals surface area contributed by atoms with E-state index in [0.717, 1.165) is 38.4 Å². The number of H-pyrrole nitrogens is 1. The van der Waals surface area contributed by atoms with Gasteiger partial charge in [-0.15, -0.1) is 0 Å². The Morgan fingerprint density at radius 2 is 1.92 bits per heavy atom. The highest BCUT2D eigenvalue weighted by molar-refractivity contribution is 5.83. The predicted molar refractivity (Wildman–Crippen MR) is 134 cm³/mol. The molecule has 0 bridgehead atoms. The highest BCUT2D eigenvalue weighted by Gasteiger charge is 2.20. The topological polar surface area (TPSA) is 93.1 Å². The summed E-state index contributed by atoms with van der Waals surface area (Å²) in [6.07, 6.45) is 1.20. The van der Waals surface area contributed by atoms with E-state index < -0.39 is 5.82 Å². The fraction of sp³-hybridized carbons (Fsp3) is 0.269. The van der Waals surface area contributed by atoms with E-state index in [1.807, 2.05) is 17.9 Å². The second-order valence-corrected chi connectivity index (χ2v) is 8.62. The minimum absolute atomic E-state index is 0.0255. The average molecular weight is 490 g/mol. The molecule has 0 amide bonds. The van der Waals surface area contributed by atoms with E-state index in [0.29, 0.717) is 22.3 Å². The van der Waals surface area contributed by atoms with E-state index in [9.17, 15) is 14.0 Å². The fourth-order valence-corrected chi connectivity index (χ4v) is 4.40. The normalized spacial score (nSPS) is 14.1. The van der Waals surface area contributed by atoms with Gasteiger partial charge in [0.05, 0.1) is 5.69 Å². The average Bonchev–Trinajstić information content (AvgIpc) is 3.27. The molecular weight excluding hydrogens is 464 g/mol. The Labute approximate surface area is 207 Å². The van der Waals surface area contributed by atoms with Crippen molar-refractivity contribution in [2.24, 2.45) is 0 Å². The number of likely N-dealkylation sites (N-methyl/N-ethyl adjacent to an activating group) is 1. The number of nitrogens with zero attached hydrogens (tertiary/aromatic N) is 5. The number of hydrogen-bond donors (Lipinski definition) is 2. The van der Waals surface area contributed by atoms with Crippen molar-refractivity contribution in [1.29, 1.82) is 5.26 Å². The Hall–Kier alpha value is -4.23. The second kappa shape index (κ2) is 9.79. The summed E-state index contributed by atoms with van der Waals surface area (Å²) >= 11 is 0. The molecule has 1 aliphatic heterocycles. The molecule has 2 aromatic carbocycles. The molecule has 1 aliphatic rings. The van der Waals surface area contributed by atoms with Crippen LogP contribution in [0.3, 0.4) is 0 Å². The minimum Gasteiger partial charge on any atom is -0.434 e. The number of fused-ring (bicyclic) bond motifs is 1. The summed E-state index contributed by atoms with van der Waals surface area (Å²) in [5, 5.41) is 13.1. The molecule has 2 aromatic heterocycles. The van der Waals surface area contributed by atoms with Crippen LogP contribution in [0.15, 0.2) is 42.7 Å². The van der Waals surface area contributed by atoms with Crippen LogP contribution in [0.2, 0.25) is 0 Å². The quantitative estimate of drug-likeness (QED) is 0.390. The molecule has 0 spiro atoms. The molecule has 1 saturated heterocycles. The third-order valence-electron chi connectivity index (χ3n) is 6.34. The lowest BCUT2D eigenvalue weighted by Gasteiger charge is -2.35. The SMILES string of the molecule is CCN1CCN(c2ccc(Nc3ncnc(Oc4ccc5[nH]c(C)cc5c4F)c3C#N)cc2F)CC1. The maximum atomic E-state index is 15.0. The number of piperazine rings is 1. The van der Waals surface area contributed by atoms with Crippen LogP contribution in [0.1, 0.15) is 18.2 Å². The Morgan fingerprint density at radius 1 is 1.11 bits per heavy atom. The third kappa shape index (κ3) is 4.53. The summed E-state index contributed by atoms with van der Waals surface area (Å²) in [5.41, 5.74) is 2.38. The van der Waals surface area contributed by atoms with Crippen LogP contribution in [0.5, 0.6) is 11.6 Å². The number of hydrogen-bond acceptors (Lipinski definition) is 7. The first-order valence-corrected chi connectivity index (χ1v) is 11.7. The highest BCUT2D eigenvalue weighted by atomic mass is 19.1. The third-order valence-corrected chi connectivity index (χ3v) is 6.34. The fourth-order valence-electron chi connectivity index (χ4n) is 4.40. The first-order chi connectivity index (χ1) is 17.5. The maximum Gasteiger partial charge on any atom is 0.242 e. The van der Waals surface area contributed by atoms with Crippen LogP contribution in [-0.4, -0.2) is 52.6 Å². The number of halogens is 2. The highest BCUT2D eigenvalue weighted by Crippen LogP contribution is 2.33. The Bertz CT molecular complexity index is 1450. The number of anilines is 3. The van der Waals surface area contributed by atoms with Crippen LogP contribution in [-0.2, 0) is 0 Å². The van der Waals surface area contributed by atoms with E-state index in [1.165, 1.54) is 18.5 Å². The smallest absolute Gasteiger partial charge is 0.242 e. The summed E-state index contributed by atoms with van der Waals surface area (Å²) < 4.78 is 35.7. The van der Waals surface area contributed by atoms with Crippen molar-refractivity contribution in [2.75, 3.05) is 42.9 Å². The molecule has 184 valence electrons. The Kier molecular flexibility index (Phi) is 6.40. The van der Waals surface area contributed by atoms with Gasteiger partial charge in [-0.3, -0.25) is 0 Å². The minimum atomic E-state index is -0.564. The van der Waals surface area contributed by atoms with Crippen molar-refractivity contribution in [2.45, 2.75) is 13.8 Å². The van der Waals surface area contributed by atoms with Gasteiger partial charge in [-0.1, -0.05) is 6.92 Å². The first-order valence-electron chi connectivity index (χ1n) is 11.7. The first kappa shape index (κ1) is 23.5. The number of nitriles is 1. The molecule has 4 aromatic rings. The lowest BCUT2D eigenvalue weighted by molar-refractivity contribution is 0.270. The zero-order valence-electron chi connectivity index (χ0n) is 20.0. The molecule has 5 rings (SSSR count). The number of benzene rings is 2. The molecule has 8 nitrogen and oxygen atoms in total. The van der Waals surface area contributed by atoms with Crippen LogP contribution in [0.4, 0.5) is 26.0 Å². The van der Waals surface area contributed by atoms with Gasteiger partial charge in [0.1, 0.15) is 18.2 Å². The second-order valence-electron chi connectivity index (χ2n) is 8.62.